The van der Waals surface area contributed by atoms with Crippen molar-refractivity contribution in [3.05, 3.63) is 78.6 Å². The summed E-state index contributed by atoms with van der Waals surface area (Å²) >= 11 is 0. The van der Waals surface area contributed by atoms with E-state index >= 15 is 0 Å². The van der Waals surface area contributed by atoms with Crippen LogP contribution in [0.4, 0.5) is 11.4 Å². The Morgan fingerprint density at radius 3 is 2.33 bits per heavy atom. The van der Waals surface area contributed by atoms with Crippen LogP contribution in [0.15, 0.2) is 73.1 Å². The molecule has 2 N–H and O–H groups in total. The number of nitrogens with zero attached hydrogens (tertiary/aromatic N) is 1. The van der Waals surface area contributed by atoms with Crippen LogP contribution < -0.4 is 15.4 Å². The molecule has 1 amide bonds. The summed E-state index contributed by atoms with van der Waals surface area (Å²) < 4.78 is 5.69. The second kappa shape index (κ2) is 8.62. The molecule has 0 atom stereocenters. The molecule has 0 aliphatic carbocycles. The van der Waals surface area contributed by atoms with Gasteiger partial charge in [-0.25, -0.2) is 0 Å². The molecule has 1 heterocycles. The molecule has 0 bridgehead atoms. The van der Waals surface area contributed by atoms with Crippen LogP contribution in [0.2, 0.25) is 0 Å². The van der Waals surface area contributed by atoms with Gasteiger partial charge in [0.2, 0.25) is 5.91 Å². The summed E-state index contributed by atoms with van der Waals surface area (Å²) in [4.78, 5) is 27.4. The number of carbonyl (C=O) groups excluding carboxylic acids is 2. The lowest BCUT2D eigenvalue weighted by molar-refractivity contribution is -0.114. The number of nitrogens with one attached hydrogen (secondary N) is 2. The minimum absolute atomic E-state index is 0.0432. The molecular formula is C21H19N3O3. The average Bonchev–Trinajstić information content (AvgIpc) is 2.68. The highest BCUT2D eigenvalue weighted by Crippen LogP contribution is 2.22. The van der Waals surface area contributed by atoms with E-state index in [1.807, 2.05) is 24.3 Å². The first-order valence-electron chi connectivity index (χ1n) is 8.43. The Morgan fingerprint density at radius 2 is 1.63 bits per heavy atom. The Morgan fingerprint density at radius 1 is 0.926 bits per heavy atom. The van der Waals surface area contributed by atoms with Crippen molar-refractivity contribution in [2.75, 3.05) is 17.2 Å². The summed E-state index contributed by atoms with van der Waals surface area (Å²) in [6.07, 6.45) is 3.33. The van der Waals surface area contributed by atoms with Gasteiger partial charge in [0.1, 0.15) is 11.5 Å². The quantitative estimate of drug-likeness (QED) is 0.619. The second-order valence-electron chi connectivity index (χ2n) is 5.85. The van der Waals surface area contributed by atoms with Gasteiger partial charge in [0.25, 0.3) is 0 Å². The van der Waals surface area contributed by atoms with Crippen LogP contribution >= 0.6 is 0 Å². The molecule has 0 radical (unpaired) electrons. The number of ketones is 1. The van der Waals surface area contributed by atoms with E-state index in [2.05, 4.69) is 15.6 Å². The summed E-state index contributed by atoms with van der Waals surface area (Å²) in [5.41, 5.74) is 1.95. The van der Waals surface area contributed by atoms with E-state index in [0.717, 1.165) is 5.69 Å². The zero-order valence-corrected chi connectivity index (χ0v) is 14.8. The molecular weight excluding hydrogens is 342 g/mol. The lowest BCUT2D eigenvalue weighted by Crippen LogP contribution is -2.21. The highest BCUT2D eigenvalue weighted by atomic mass is 16.5. The first-order chi connectivity index (χ1) is 13.1. The van der Waals surface area contributed by atoms with E-state index in [4.69, 9.17) is 4.74 Å². The van der Waals surface area contributed by atoms with Gasteiger partial charge in [-0.3, -0.25) is 14.6 Å². The molecule has 3 rings (SSSR count). The van der Waals surface area contributed by atoms with E-state index in [1.165, 1.54) is 6.92 Å². The van der Waals surface area contributed by atoms with Crippen LogP contribution in [-0.2, 0) is 4.79 Å². The van der Waals surface area contributed by atoms with E-state index in [9.17, 15) is 9.59 Å². The molecule has 0 aliphatic heterocycles. The number of aromatic nitrogens is 1. The number of hydrogen-bond acceptors (Lipinski definition) is 5. The van der Waals surface area contributed by atoms with Crippen molar-refractivity contribution in [3.63, 3.8) is 0 Å². The number of hydrogen-bond donors (Lipinski definition) is 2. The lowest BCUT2D eigenvalue weighted by Gasteiger charge is -2.10. The maximum atomic E-state index is 12.1. The van der Waals surface area contributed by atoms with Gasteiger partial charge in [-0.2, -0.15) is 0 Å². The van der Waals surface area contributed by atoms with Crippen molar-refractivity contribution in [2.24, 2.45) is 0 Å². The zero-order chi connectivity index (χ0) is 19.1. The van der Waals surface area contributed by atoms with E-state index in [-0.39, 0.29) is 18.2 Å². The van der Waals surface area contributed by atoms with Gasteiger partial charge in [0, 0.05) is 29.3 Å². The van der Waals surface area contributed by atoms with Crippen LogP contribution in [0.5, 0.6) is 11.5 Å². The first kappa shape index (κ1) is 18.1. The highest BCUT2D eigenvalue weighted by molar-refractivity contribution is 5.98. The van der Waals surface area contributed by atoms with Gasteiger partial charge in [-0.15, -0.1) is 0 Å². The Kier molecular flexibility index (Phi) is 5.79. The number of ether oxygens (including phenoxy) is 1. The third-order valence-corrected chi connectivity index (χ3v) is 3.75. The fourth-order valence-corrected chi connectivity index (χ4v) is 2.39. The van der Waals surface area contributed by atoms with Crippen LogP contribution in [0, 0.1) is 0 Å². The minimum Gasteiger partial charge on any atom is -0.457 e. The number of Topliss-reactive ketones (excluding diaryl/α,β-unsaturated/α-hetero) is 1. The average molecular weight is 361 g/mol. The molecule has 3 aromatic rings. The summed E-state index contributed by atoms with van der Waals surface area (Å²) in [5, 5.41) is 5.82. The molecule has 0 fully saturated rings. The summed E-state index contributed by atoms with van der Waals surface area (Å²) in [6, 6.07) is 17.7. The molecule has 27 heavy (non-hydrogen) atoms. The number of anilines is 2. The van der Waals surface area contributed by atoms with E-state index < -0.39 is 0 Å². The van der Waals surface area contributed by atoms with Crippen molar-refractivity contribution in [1.82, 2.24) is 4.98 Å². The van der Waals surface area contributed by atoms with Crippen molar-refractivity contribution < 1.29 is 14.3 Å². The van der Waals surface area contributed by atoms with Crippen molar-refractivity contribution in [3.8, 4) is 11.5 Å². The molecule has 6 nitrogen and oxygen atoms in total. The van der Waals surface area contributed by atoms with E-state index in [1.54, 1.807) is 48.8 Å². The Balaban J connectivity index is 1.51. The van der Waals surface area contributed by atoms with Gasteiger partial charge in [0.05, 0.1) is 6.54 Å². The first-order valence-corrected chi connectivity index (χ1v) is 8.43. The molecule has 136 valence electrons. The fourth-order valence-electron chi connectivity index (χ4n) is 2.39. The number of carbonyl (C=O) groups is 2. The van der Waals surface area contributed by atoms with Crippen molar-refractivity contribution in [2.45, 2.75) is 6.92 Å². The molecule has 2 aromatic carbocycles. The van der Waals surface area contributed by atoms with Gasteiger partial charge >= 0.3 is 0 Å². The van der Waals surface area contributed by atoms with E-state index in [0.29, 0.717) is 22.7 Å². The van der Waals surface area contributed by atoms with Crippen LogP contribution in [-0.4, -0.2) is 23.2 Å². The summed E-state index contributed by atoms with van der Waals surface area (Å²) in [5.74, 6) is 1.15. The van der Waals surface area contributed by atoms with Gasteiger partial charge in [-0.05, 0) is 55.5 Å². The molecule has 0 spiro atoms. The maximum Gasteiger partial charge on any atom is 0.243 e. The lowest BCUT2D eigenvalue weighted by atomic mass is 10.1. The van der Waals surface area contributed by atoms with Crippen LogP contribution in [0.25, 0.3) is 0 Å². The summed E-state index contributed by atoms with van der Waals surface area (Å²) in [6.45, 7) is 1.60. The predicted molar refractivity (Wildman–Crippen MR) is 104 cm³/mol. The summed E-state index contributed by atoms with van der Waals surface area (Å²) in [7, 11) is 0. The number of amides is 1. The molecule has 1 aromatic heterocycles. The van der Waals surface area contributed by atoms with Crippen molar-refractivity contribution in [1.29, 1.82) is 0 Å². The van der Waals surface area contributed by atoms with Gasteiger partial charge in [0.15, 0.2) is 5.78 Å². The molecule has 0 saturated heterocycles. The fraction of sp³-hybridized carbons (Fsp3) is 0.0952. The van der Waals surface area contributed by atoms with Gasteiger partial charge < -0.3 is 15.4 Å². The number of pyridine rings is 1. The Labute approximate surface area is 157 Å². The highest BCUT2D eigenvalue weighted by Gasteiger charge is 2.05. The number of rotatable bonds is 7. The zero-order valence-electron chi connectivity index (χ0n) is 14.8. The smallest absolute Gasteiger partial charge is 0.243 e. The molecule has 6 heteroatoms. The molecule has 0 saturated carbocycles. The monoisotopic (exact) mass is 361 g/mol. The maximum absolute atomic E-state index is 12.1. The largest absolute Gasteiger partial charge is 0.457 e. The molecule has 0 aliphatic rings. The topological polar surface area (TPSA) is 80.3 Å². The Bertz CT molecular complexity index is 925. The Hall–Kier alpha value is -3.67. The second-order valence-corrected chi connectivity index (χ2v) is 5.85. The third-order valence-electron chi connectivity index (χ3n) is 3.75. The standard InChI is InChI=1S/C21H19N3O3/c1-15(25)16-3-2-4-18(13-16)24-21(26)14-23-17-5-7-19(8-6-17)27-20-9-11-22-12-10-20/h2-13,23H,14H2,1H3,(H,24,26). The third kappa shape index (κ3) is 5.40. The van der Waals surface area contributed by atoms with Gasteiger partial charge in [-0.1, -0.05) is 12.1 Å². The predicted octanol–water partition coefficient (Wildman–Crippen LogP) is 4.13. The normalized spacial score (nSPS) is 10.1. The minimum atomic E-state index is -0.201. The number of benzene rings is 2. The molecule has 0 unspecified atom stereocenters. The van der Waals surface area contributed by atoms with Crippen LogP contribution in [0.3, 0.4) is 0 Å². The van der Waals surface area contributed by atoms with Crippen LogP contribution in [0.1, 0.15) is 17.3 Å². The van der Waals surface area contributed by atoms with Crippen molar-refractivity contribution >= 4 is 23.1 Å². The SMILES string of the molecule is CC(=O)c1cccc(NC(=O)CNc2ccc(Oc3ccncc3)cc2)c1.